The number of hydrogen-bond donors (Lipinski definition) is 1. The summed E-state index contributed by atoms with van der Waals surface area (Å²) >= 11 is 0. The fraction of sp³-hybridized carbons (Fsp3) is 0.304. The minimum Gasteiger partial charge on any atom is -0.486 e. The molecule has 2 heterocycles. The van der Waals surface area contributed by atoms with E-state index in [1.54, 1.807) is 7.05 Å². The summed E-state index contributed by atoms with van der Waals surface area (Å²) in [6.07, 6.45) is 2.80. The van der Waals surface area contributed by atoms with E-state index in [1.165, 1.54) is 18.4 Å². The van der Waals surface area contributed by atoms with Crippen LogP contribution in [-0.4, -0.2) is 31.2 Å². The molecule has 1 aliphatic carbocycles. The van der Waals surface area contributed by atoms with Gasteiger partial charge in [-0.15, -0.1) is 0 Å². The van der Waals surface area contributed by atoms with Crippen LogP contribution in [0, 0.1) is 0 Å². The molecule has 1 fully saturated rings. The first-order valence-corrected chi connectivity index (χ1v) is 9.75. The van der Waals surface area contributed by atoms with Crippen molar-refractivity contribution in [1.82, 2.24) is 10.3 Å². The molecule has 2 aliphatic rings. The Balaban J connectivity index is 1.59. The molecule has 5 nitrogen and oxygen atoms in total. The monoisotopic (exact) mass is 374 g/mol. The number of pyridine rings is 1. The molecule has 0 bridgehead atoms. The lowest BCUT2D eigenvalue weighted by Gasteiger charge is -2.19. The van der Waals surface area contributed by atoms with Crippen LogP contribution >= 0.6 is 0 Å². The van der Waals surface area contributed by atoms with Crippen LogP contribution in [0.15, 0.2) is 42.5 Å². The first-order chi connectivity index (χ1) is 13.7. The van der Waals surface area contributed by atoms with Crippen LogP contribution in [-0.2, 0) is 11.2 Å². The Bertz CT molecular complexity index is 1070. The van der Waals surface area contributed by atoms with Gasteiger partial charge in [0.1, 0.15) is 13.2 Å². The van der Waals surface area contributed by atoms with E-state index in [-0.39, 0.29) is 5.91 Å². The summed E-state index contributed by atoms with van der Waals surface area (Å²) in [5.74, 6) is 2.17. The van der Waals surface area contributed by atoms with Crippen molar-refractivity contribution in [2.75, 3.05) is 20.3 Å². The molecule has 2 aromatic carbocycles. The normalized spacial score (nSPS) is 15.5. The smallest absolute Gasteiger partial charge is 0.224 e. The van der Waals surface area contributed by atoms with E-state index in [1.807, 2.05) is 30.3 Å². The van der Waals surface area contributed by atoms with Crippen molar-refractivity contribution in [3.8, 4) is 22.8 Å². The van der Waals surface area contributed by atoms with E-state index < -0.39 is 0 Å². The fourth-order valence-corrected chi connectivity index (χ4v) is 3.77. The van der Waals surface area contributed by atoms with Crippen LogP contribution in [0.25, 0.3) is 22.2 Å². The van der Waals surface area contributed by atoms with E-state index in [4.69, 9.17) is 14.5 Å². The lowest BCUT2D eigenvalue weighted by Crippen LogP contribution is -2.19. The molecule has 0 unspecified atom stereocenters. The first kappa shape index (κ1) is 17.0. The van der Waals surface area contributed by atoms with Gasteiger partial charge in [-0.1, -0.05) is 6.07 Å². The number of fused-ring (bicyclic) bond motifs is 2. The maximum Gasteiger partial charge on any atom is 0.224 e. The molecule has 1 aromatic heterocycles. The Morgan fingerprint density at radius 1 is 1.07 bits per heavy atom. The number of carbonyl (C=O) groups is 1. The van der Waals surface area contributed by atoms with Gasteiger partial charge in [0.2, 0.25) is 5.91 Å². The van der Waals surface area contributed by atoms with Gasteiger partial charge in [-0.2, -0.15) is 0 Å². The second-order valence-electron chi connectivity index (χ2n) is 7.43. The Hall–Kier alpha value is -3.08. The standard InChI is InChI=1S/C23H22N2O3/c1-24-23(26)11-14-2-6-19-18(10-14)17(15-3-4-15)13-20(25-19)16-5-7-21-22(12-16)28-9-8-27-21/h2,5-7,10,12-13,15H,3-4,8-9,11H2,1H3,(H,24,26). The number of rotatable bonds is 4. The van der Waals surface area contributed by atoms with E-state index in [2.05, 4.69) is 17.4 Å². The highest BCUT2D eigenvalue weighted by Gasteiger charge is 2.27. The number of likely N-dealkylation sites (N-methyl/N-ethyl adjacent to an activating group) is 1. The molecule has 28 heavy (non-hydrogen) atoms. The zero-order chi connectivity index (χ0) is 19.1. The number of nitrogens with zero attached hydrogens (tertiary/aromatic N) is 1. The minimum absolute atomic E-state index is 0.0215. The van der Waals surface area contributed by atoms with E-state index >= 15 is 0 Å². The zero-order valence-electron chi connectivity index (χ0n) is 15.8. The van der Waals surface area contributed by atoms with Crippen molar-refractivity contribution in [2.45, 2.75) is 25.2 Å². The second-order valence-corrected chi connectivity index (χ2v) is 7.43. The summed E-state index contributed by atoms with van der Waals surface area (Å²) in [5, 5.41) is 3.85. The summed E-state index contributed by atoms with van der Waals surface area (Å²) < 4.78 is 11.4. The highest BCUT2D eigenvalue weighted by atomic mass is 16.6. The number of aromatic nitrogens is 1. The third-order valence-corrected chi connectivity index (χ3v) is 5.40. The van der Waals surface area contributed by atoms with Gasteiger partial charge in [-0.3, -0.25) is 4.79 Å². The van der Waals surface area contributed by atoms with Crippen molar-refractivity contribution in [2.24, 2.45) is 0 Å². The summed E-state index contributed by atoms with van der Waals surface area (Å²) in [4.78, 5) is 16.7. The highest BCUT2D eigenvalue weighted by molar-refractivity contribution is 5.88. The van der Waals surface area contributed by atoms with Crippen molar-refractivity contribution >= 4 is 16.8 Å². The molecule has 142 valence electrons. The summed E-state index contributed by atoms with van der Waals surface area (Å²) in [6, 6.07) is 14.4. The topological polar surface area (TPSA) is 60.5 Å². The molecule has 0 spiro atoms. The molecule has 1 amide bonds. The van der Waals surface area contributed by atoms with Crippen molar-refractivity contribution in [3.63, 3.8) is 0 Å². The lowest BCUT2D eigenvalue weighted by atomic mass is 9.98. The van der Waals surface area contributed by atoms with Crippen LogP contribution in [0.5, 0.6) is 11.5 Å². The molecular formula is C23H22N2O3. The lowest BCUT2D eigenvalue weighted by molar-refractivity contribution is -0.119. The molecule has 0 atom stereocenters. The molecule has 3 aromatic rings. The van der Waals surface area contributed by atoms with Crippen LogP contribution in [0.3, 0.4) is 0 Å². The largest absolute Gasteiger partial charge is 0.486 e. The average molecular weight is 374 g/mol. The zero-order valence-corrected chi connectivity index (χ0v) is 15.8. The number of benzene rings is 2. The molecule has 0 radical (unpaired) electrons. The van der Waals surface area contributed by atoms with Crippen LogP contribution in [0.4, 0.5) is 0 Å². The third-order valence-electron chi connectivity index (χ3n) is 5.40. The average Bonchev–Trinajstić information content (AvgIpc) is 3.58. The van der Waals surface area contributed by atoms with Crippen molar-refractivity contribution in [3.05, 3.63) is 53.6 Å². The third kappa shape index (κ3) is 3.17. The number of ether oxygens (including phenoxy) is 2. The number of nitrogens with one attached hydrogen (secondary N) is 1. The fourth-order valence-electron chi connectivity index (χ4n) is 3.77. The molecule has 1 aliphatic heterocycles. The van der Waals surface area contributed by atoms with Crippen LogP contribution < -0.4 is 14.8 Å². The van der Waals surface area contributed by atoms with E-state index in [0.717, 1.165) is 39.2 Å². The maximum atomic E-state index is 11.8. The van der Waals surface area contributed by atoms with Gasteiger partial charge in [0.05, 0.1) is 17.6 Å². The SMILES string of the molecule is CNC(=O)Cc1ccc2nc(-c3ccc4c(c3)OCCO4)cc(C3CC3)c2c1. The van der Waals surface area contributed by atoms with Gasteiger partial charge in [-0.25, -0.2) is 4.98 Å². The Labute approximate surface area is 163 Å². The molecule has 5 rings (SSSR count). The van der Waals surface area contributed by atoms with Crippen molar-refractivity contribution in [1.29, 1.82) is 0 Å². The number of hydrogen-bond acceptors (Lipinski definition) is 4. The van der Waals surface area contributed by atoms with Gasteiger partial charge >= 0.3 is 0 Å². The molecule has 1 saturated carbocycles. The van der Waals surface area contributed by atoms with Gasteiger partial charge in [0, 0.05) is 18.0 Å². The molecule has 1 N–H and O–H groups in total. The summed E-state index contributed by atoms with van der Waals surface area (Å²) in [5.41, 5.74) is 5.29. The predicted molar refractivity (Wildman–Crippen MR) is 108 cm³/mol. The highest BCUT2D eigenvalue weighted by Crippen LogP contribution is 2.44. The van der Waals surface area contributed by atoms with Gasteiger partial charge < -0.3 is 14.8 Å². The van der Waals surface area contributed by atoms with Gasteiger partial charge in [0.25, 0.3) is 0 Å². The molecule has 0 saturated heterocycles. The molecule has 5 heteroatoms. The number of carbonyl (C=O) groups excluding carboxylic acids is 1. The summed E-state index contributed by atoms with van der Waals surface area (Å²) in [7, 11) is 1.67. The van der Waals surface area contributed by atoms with E-state index in [0.29, 0.717) is 25.6 Å². The van der Waals surface area contributed by atoms with Crippen LogP contribution in [0.1, 0.15) is 29.9 Å². The quantitative estimate of drug-likeness (QED) is 0.754. The van der Waals surface area contributed by atoms with Crippen molar-refractivity contribution < 1.29 is 14.3 Å². The molecular weight excluding hydrogens is 352 g/mol. The second kappa shape index (κ2) is 6.82. The Morgan fingerprint density at radius 2 is 1.89 bits per heavy atom. The predicted octanol–water partition coefficient (Wildman–Crippen LogP) is 3.84. The Morgan fingerprint density at radius 3 is 2.68 bits per heavy atom. The summed E-state index contributed by atoms with van der Waals surface area (Å²) in [6.45, 7) is 1.16. The minimum atomic E-state index is 0.0215. The van der Waals surface area contributed by atoms with E-state index in [9.17, 15) is 4.79 Å². The maximum absolute atomic E-state index is 11.8. The van der Waals surface area contributed by atoms with Gasteiger partial charge in [0.15, 0.2) is 11.5 Å². The Kier molecular flexibility index (Phi) is 4.15. The first-order valence-electron chi connectivity index (χ1n) is 9.75. The number of amides is 1. The van der Waals surface area contributed by atoms with Gasteiger partial charge in [-0.05, 0) is 66.3 Å². The van der Waals surface area contributed by atoms with Crippen LogP contribution in [0.2, 0.25) is 0 Å².